The van der Waals surface area contributed by atoms with Crippen molar-refractivity contribution >= 4 is 11.8 Å². The average molecular weight is 237 g/mol. The average Bonchev–Trinajstić information content (AvgIpc) is 3.11. The van der Waals surface area contributed by atoms with E-state index in [4.69, 9.17) is 10.5 Å². The zero-order chi connectivity index (χ0) is 11.4. The fourth-order valence-electron chi connectivity index (χ4n) is 1.66. The van der Waals surface area contributed by atoms with E-state index in [0.29, 0.717) is 6.54 Å². The SMILES string of the molecule is CCSc1cccc(OCC2CC2)c1CN. The maximum absolute atomic E-state index is 5.85. The van der Waals surface area contributed by atoms with Crippen LogP contribution in [0.4, 0.5) is 0 Å². The molecule has 16 heavy (non-hydrogen) atoms. The number of hydrogen-bond acceptors (Lipinski definition) is 3. The first kappa shape index (κ1) is 11.8. The molecule has 1 aromatic carbocycles. The lowest BCUT2D eigenvalue weighted by Gasteiger charge is -2.13. The van der Waals surface area contributed by atoms with Gasteiger partial charge in [-0.05, 0) is 36.6 Å². The molecule has 0 unspecified atom stereocenters. The van der Waals surface area contributed by atoms with Crippen LogP contribution in [-0.4, -0.2) is 12.4 Å². The van der Waals surface area contributed by atoms with E-state index >= 15 is 0 Å². The van der Waals surface area contributed by atoms with Crippen LogP contribution < -0.4 is 10.5 Å². The molecule has 0 spiro atoms. The van der Waals surface area contributed by atoms with E-state index in [9.17, 15) is 0 Å². The van der Waals surface area contributed by atoms with Crippen molar-refractivity contribution in [1.82, 2.24) is 0 Å². The van der Waals surface area contributed by atoms with Crippen molar-refractivity contribution in [3.63, 3.8) is 0 Å². The van der Waals surface area contributed by atoms with Crippen LogP contribution in [0.5, 0.6) is 5.75 Å². The van der Waals surface area contributed by atoms with Crippen molar-refractivity contribution in [2.75, 3.05) is 12.4 Å². The minimum Gasteiger partial charge on any atom is -0.493 e. The summed E-state index contributed by atoms with van der Waals surface area (Å²) >= 11 is 1.83. The molecule has 0 aliphatic heterocycles. The topological polar surface area (TPSA) is 35.2 Å². The third kappa shape index (κ3) is 2.92. The zero-order valence-electron chi connectivity index (χ0n) is 9.74. The summed E-state index contributed by atoms with van der Waals surface area (Å²) in [5, 5.41) is 0. The molecular formula is C13H19NOS. The van der Waals surface area contributed by atoms with Gasteiger partial charge >= 0.3 is 0 Å². The van der Waals surface area contributed by atoms with Gasteiger partial charge in [0.1, 0.15) is 5.75 Å². The van der Waals surface area contributed by atoms with Crippen molar-refractivity contribution < 1.29 is 4.74 Å². The van der Waals surface area contributed by atoms with Crippen molar-refractivity contribution in [1.29, 1.82) is 0 Å². The summed E-state index contributed by atoms with van der Waals surface area (Å²) in [5.74, 6) is 2.83. The molecule has 2 N–H and O–H groups in total. The molecule has 1 aromatic rings. The second kappa shape index (κ2) is 5.60. The van der Waals surface area contributed by atoms with Crippen LogP contribution >= 0.6 is 11.8 Å². The first-order chi connectivity index (χ1) is 7.85. The Balaban J connectivity index is 2.10. The molecule has 2 nitrogen and oxygen atoms in total. The lowest BCUT2D eigenvalue weighted by atomic mass is 10.2. The molecule has 0 heterocycles. The molecular weight excluding hydrogens is 218 g/mol. The summed E-state index contributed by atoms with van der Waals surface area (Å²) in [4.78, 5) is 1.26. The van der Waals surface area contributed by atoms with Crippen molar-refractivity contribution in [3.05, 3.63) is 23.8 Å². The summed E-state index contributed by atoms with van der Waals surface area (Å²) < 4.78 is 5.85. The van der Waals surface area contributed by atoms with Gasteiger partial charge in [0.2, 0.25) is 0 Å². The van der Waals surface area contributed by atoms with Gasteiger partial charge in [0.05, 0.1) is 6.61 Å². The summed E-state index contributed by atoms with van der Waals surface area (Å²) in [6.45, 7) is 3.57. The van der Waals surface area contributed by atoms with E-state index in [1.165, 1.54) is 17.7 Å². The van der Waals surface area contributed by atoms with Crippen LogP contribution in [0.25, 0.3) is 0 Å². The normalized spacial score (nSPS) is 15.1. The Kier molecular flexibility index (Phi) is 4.13. The summed E-state index contributed by atoms with van der Waals surface area (Å²) in [7, 11) is 0. The Hall–Kier alpha value is -0.670. The number of hydrogen-bond donors (Lipinski definition) is 1. The van der Waals surface area contributed by atoms with Crippen LogP contribution in [0.2, 0.25) is 0 Å². The maximum atomic E-state index is 5.85. The zero-order valence-corrected chi connectivity index (χ0v) is 10.6. The molecule has 1 aliphatic carbocycles. The Bertz CT molecular complexity index is 350. The van der Waals surface area contributed by atoms with Gasteiger partial charge in [-0.25, -0.2) is 0 Å². The van der Waals surface area contributed by atoms with Gasteiger partial charge in [-0.2, -0.15) is 0 Å². The van der Waals surface area contributed by atoms with E-state index in [1.807, 2.05) is 17.8 Å². The number of ether oxygens (including phenoxy) is 1. The smallest absolute Gasteiger partial charge is 0.124 e. The third-order valence-electron chi connectivity index (χ3n) is 2.77. The minimum atomic E-state index is 0.559. The Labute approximate surface area is 102 Å². The predicted molar refractivity (Wildman–Crippen MR) is 69.0 cm³/mol. The number of rotatable bonds is 6. The van der Waals surface area contributed by atoms with E-state index in [0.717, 1.165) is 29.6 Å². The summed E-state index contributed by atoms with van der Waals surface area (Å²) in [5.41, 5.74) is 6.97. The van der Waals surface area contributed by atoms with Crippen LogP contribution in [0, 0.1) is 5.92 Å². The molecule has 0 aromatic heterocycles. The number of thioether (sulfide) groups is 1. The van der Waals surface area contributed by atoms with Gasteiger partial charge < -0.3 is 10.5 Å². The van der Waals surface area contributed by atoms with Gasteiger partial charge in [-0.15, -0.1) is 11.8 Å². The molecule has 2 rings (SSSR count). The van der Waals surface area contributed by atoms with Crippen LogP contribution in [0.3, 0.4) is 0 Å². The monoisotopic (exact) mass is 237 g/mol. The van der Waals surface area contributed by atoms with E-state index < -0.39 is 0 Å². The maximum Gasteiger partial charge on any atom is 0.124 e. The lowest BCUT2D eigenvalue weighted by molar-refractivity contribution is 0.296. The molecule has 0 saturated heterocycles. The van der Waals surface area contributed by atoms with E-state index in [-0.39, 0.29) is 0 Å². The molecule has 1 fully saturated rings. The predicted octanol–water partition coefficient (Wildman–Crippen LogP) is 3.05. The van der Waals surface area contributed by atoms with Crippen LogP contribution in [-0.2, 0) is 6.54 Å². The summed E-state index contributed by atoms with van der Waals surface area (Å²) in [6, 6.07) is 6.21. The van der Waals surface area contributed by atoms with Gasteiger partial charge in [0, 0.05) is 17.0 Å². The van der Waals surface area contributed by atoms with Gasteiger partial charge in [-0.1, -0.05) is 13.0 Å². The minimum absolute atomic E-state index is 0.559. The molecule has 0 atom stereocenters. The Morgan fingerprint density at radius 3 is 2.88 bits per heavy atom. The lowest BCUT2D eigenvalue weighted by Crippen LogP contribution is -2.06. The molecule has 88 valence electrons. The van der Waals surface area contributed by atoms with Crippen molar-refractivity contribution in [2.45, 2.75) is 31.2 Å². The fraction of sp³-hybridized carbons (Fsp3) is 0.538. The molecule has 0 bridgehead atoms. The van der Waals surface area contributed by atoms with Crippen LogP contribution in [0.15, 0.2) is 23.1 Å². The summed E-state index contributed by atoms with van der Waals surface area (Å²) in [6.07, 6.45) is 2.64. The first-order valence-electron chi connectivity index (χ1n) is 5.92. The van der Waals surface area contributed by atoms with Gasteiger partial charge in [-0.3, -0.25) is 0 Å². The highest BCUT2D eigenvalue weighted by Crippen LogP contribution is 2.33. The molecule has 3 heteroatoms. The quantitative estimate of drug-likeness (QED) is 0.772. The van der Waals surface area contributed by atoms with E-state index in [2.05, 4.69) is 19.1 Å². The van der Waals surface area contributed by atoms with Crippen molar-refractivity contribution in [3.8, 4) is 5.75 Å². The third-order valence-corrected chi connectivity index (χ3v) is 3.75. The van der Waals surface area contributed by atoms with Crippen molar-refractivity contribution in [2.24, 2.45) is 11.7 Å². The molecule has 1 aliphatic rings. The second-order valence-electron chi connectivity index (χ2n) is 4.12. The number of benzene rings is 1. The van der Waals surface area contributed by atoms with E-state index in [1.54, 1.807) is 0 Å². The van der Waals surface area contributed by atoms with Gasteiger partial charge in [0.25, 0.3) is 0 Å². The molecule has 0 amide bonds. The standard InChI is InChI=1S/C13H19NOS/c1-2-16-13-5-3-4-12(11(13)8-14)15-9-10-6-7-10/h3-5,10H,2,6-9,14H2,1H3. The first-order valence-corrected chi connectivity index (χ1v) is 6.91. The largest absolute Gasteiger partial charge is 0.493 e. The van der Waals surface area contributed by atoms with Gasteiger partial charge in [0.15, 0.2) is 0 Å². The highest BCUT2D eigenvalue weighted by molar-refractivity contribution is 7.99. The molecule has 0 radical (unpaired) electrons. The van der Waals surface area contributed by atoms with Crippen LogP contribution in [0.1, 0.15) is 25.3 Å². The highest BCUT2D eigenvalue weighted by atomic mass is 32.2. The Morgan fingerprint density at radius 1 is 1.44 bits per heavy atom. The highest BCUT2D eigenvalue weighted by Gasteiger charge is 2.22. The molecule has 1 saturated carbocycles. The number of nitrogens with two attached hydrogens (primary N) is 1. The Morgan fingerprint density at radius 2 is 2.25 bits per heavy atom. The second-order valence-corrected chi connectivity index (χ2v) is 5.43. The fourth-order valence-corrected chi connectivity index (χ4v) is 2.51.